The van der Waals surface area contributed by atoms with Gasteiger partial charge in [0.05, 0.1) is 0 Å². The molecule has 122 valence electrons. The highest BCUT2D eigenvalue weighted by Crippen LogP contribution is 2.52. The molecule has 0 aliphatic heterocycles. The maximum atomic E-state index is 3.94. The second-order valence-electron chi connectivity index (χ2n) is 7.13. The van der Waals surface area contributed by atoms with Crippen LogP contribution >= 0.6 is 0 Å². The van der Waals surface area contributed by atoms with Gasteiger partial charge in [0.25, 0.3) is 0 Å². The SMILES string of the molecule is C=C/C=C1\C(=C/C=C)c2c(ccc3c2ccc2ccccc23)C1(C)C. The van der Waals surface area contributed by atoms with Gasteiger partial charge in [0.1, 0.15) is 0 Å². The third-order valence-corrected chi connectivity index (χ3v) is 5.40. The zero-order chi connectivity index (χ0) is 17.6. The van der Waals surface area contributed by atoms with Gasteiger partial charge in [-0.1, -0.05) is 99.8 Å². The van der Waals surface area contributed by atoms with Gasteiger partial charge in [-0.3, -0.25) is 0 Å². The molecule has 0 heterocycles. The van der Waals surface area contributed by atoms with Crippen LogP contribution in [0.1, 0.15) is 25.0 Å². The molecule has 0 nitrogen and oxygen atoms in total. The lowest BCUT2D eigenvalue weighted by Gasteiger charge is -2.21. The largest absolute Gasteiger partial charge is 0.0991 e. The number of rotatable bonds is 2. The summed E-state index contributed by atoms with van der Waals surface area (Å²) < 4.78 is 0. The van der Waals surface area contributed by atoms with Crippen LogP contribution in [-0.4, -0.2) is 0 Å². The average molecular weight is 322 g/mol. The van der Waals surface area contributed by atoms with Crippen LogP contribution in [0, 0.1) is 0 Å². The number of fused-ring (bicyclic) bond motifs is 5. The first-order chi connectivity index (χ1) is 12.1. The van der Waals surface area contributed by atoms with Crippen molar-refractivity contribution in [2.75, 3.05) is 0 Å². The van der Waals surface area contributed by atoms with Crippen molar-refractivity contribution < 1.29 is 0 Å². The Balaban J connectivity index is 2.18. The maximum absolute atomic E-state index is 3.94. The standard InChI is InChI=1S/C25H22/c1-5-9-21-22(10-6-2)25(3,4)23-16-15-19-18-12-8-7-11-17(18)13-14-20(19)24(21)23/h5-16H,1-2H2,3-4H3/b21-9+,22-10+. The monoisotopic (exact) mass is 322 g/mol. The highest BCUT2D eigenvalue weighted by Gasteiger charge is 2.38. The van der Waals surface area contributed by atoms with Gasteiger partial charge < -0.3 is 0 Å². The van der Waals surface area contributed by atoms with E-state index in [9.17, 15) is 0 Å². The minimum Gasteiger partial charge on any atom is -0.0991 e. The van der Waals surface area contributed by atoms with Crippen molar-refractivity contribution in [1.29, 1.82) is 0 Å². The van der Waals surface area contributed by atoms with Crippen molar-refractivity contribution in [3.8, 4) is 0 Å². The van der Waals surface area contributed by atoms with Gasteiger partial charge in [-0.15, -0.1) is 0 Å². The molecule has 0 heteroatoms. The molecular formula is C25H22. The fourth-order valence-corrected chi connectivity index (χ4v) is 4.22. The molecule has 25 heavy (non-hydrogen) atoms. The van der Waals surface area contributed by atoms with Gasteiger partial charge >= 0.3 is 0 Å². The van der Waals surface area contributed by atoms with E-state index >= 15 is 0 Å². The van der Waals surface area contributed by atoms with Gasteiger partial charge in [-0.05, 0) is 43.8 Å². The fourth-order valence-electron chi connectivity index (χ4n) is 4.22. The summed E-state index contributed by atoms with van der Waals surface area (Å²) in [5.74, 6) is 0. The second kappa shape index (κ2) is 5.60. The molecule has 0 atom stereocenters. The van der Waals surface area contributed by atoms with E-state index in [1.54, 1.807) is 0 Å². The Morgan fingerprint density at radius 3 is 2.24 bits per heavy atom. The summed E-state index contributed by atoms with van der Waals surface area (Å²) in [4.78, 5) is 0. The Kier molecular flexibility index (Phi) is 3.51. The Morgan fingerprint density at radius 2 is 1.48 bits per heavy atom. The van der Waals surface area contributed by atoms with Gasteiger partial charge in [0.15, 0.2) is 0 Å². The topological polar surface area (TPSA) is 0 Å². The Hall–Kier alpha value is -2.86. The van der Waals surface area contributed by atoms with E-state index in [-0.39, 0.29) is 5.41 Å². The highest BCUT2D eigenvalue weighted by atomic mass is 14.4. The molecular weight excluding hydrogens is 300 g/mol. The fraction of sp³-hybridized carbons (Fsp3) is 0.120. The van der Waals surface area contributed by atoms with Crippen LogP contribution in [0.2, 0.25) is 0 Å². The van der Waals surface area contributed by atoms with Crippen LogP contribution in [0.5, 0.6) is 0 Å². The predicted molar refractivity (Wildman–Crippen MR) is 111 cm³/mol. The van der Waals surface area contributed by atoms with Crippen molar-refractivity contribution in [3.63, 3.8) is 0 Å². The number of allylic oxidation sites excluding steroid dienone is 6. The normalized spacial score (nSPS) is 18.8. The average Bonchev–Trinajstić information content (AvgIpc) is 2.83. The molecule has 0 aromatic heterocycles. The molecule has 3 aromatic carbocycles. The molecule has 0 saturated heterocycles. The van der Waals surface area contributed by atoms with Crippen LogP contribution in [0.15, 0.2) is 91.6 Å². The van der Waals surface area contributed by atoms with E-state index < -0.39 is 0 Å². The summed E-state index contributed by atoms with van der Waals surface area (Å²) in [5.41, 5.74) is 5.23. The number of hydrogen-bond donors (Lipinski definition) is 0. The molecule has 1 aliphatic rings. The van der Waals surface area contributed by atoms with Gasteiger partial charge in [0.2, 0.25) is 0 Å². The minimum absolute atomic E-state index is 0.0435. The third-order valence-electron chi connectivity index (χ3n) is 5.40. The summed E-state index contributed by atoms with van der Waals surface area (Å²) in [5, 5.41) is 5.20. The van der Waals surface area contributed by atoms with Crippen LogP contribution in [0.25, 0.3) is 27.1 Å². The van der Waals surface area contributed by atoms with Gasteiger partial charge in [0, 0.05) is 5.41 Å². The Labute approximate surface area is 149 Å². The van der Waals surface area contributed by atoms with E-state index in [1.807, 2.05) is 12.2 Å². The van der Waals surface area contributed by atoms with Crippen LogP contribution in [0.4, 0.5) is 0 Å². The summed E-state index contributed by atoms with van der Waals surface area (Å²) in [6, 6.07) is 17.7. The molecule has 0 unspecified atom stereocenters. The molecule has 3 aromatic rings. The first-order valence-electron chi connectivity index (χ1n) is 8.71. The Bertz CT molecular complexity index is 1090. The highest BCUT2D eigenvalue weighted by molar-refractivity contribution is 6.13. The van der Waals surface area contributed by atoms with Crippen LogP contribution in [-0.2, 0) is 5.41 Å². The van der Waals surface area contributed by atoms with E-state index in [1.165, 1.54) is 43.8 Å². The lowest BCUT2D eigenvalue weighted by molar-refractivity contribution is 0.661. The van der Waals surface area contributed by atoms with E-state index in [2.05, 4.69) is 87.7 Å². The predicted octanol–water partition coefficient (Wildman–Crippen LogP) is 6.97. The maximum Gasteiger partial charge on any atom is 0.0159 e. The van der Waals surface area contributed by atoms with Gasteiger partial charge in [-0.2, -0.15) is 0 Å². The first-order valence-corrected chi connectivity index (χ1v) is 8.71. The minimum atomic E-state index is -0.0435. The van der Waals surface area contributed by atoms with Crippen molar-refractivity contribution in [2.24, 2.45) is 0 Å². The summed E-state index contributed by atoms with van der Waals surface area (Å²) in [6.07, 6.45) is 8.05. The van der Waals surface area contributed by atoms with E-state index in [4.69, 9.17) is 0 Å². The second-order valence-corrected chi connectivity index (χ2v) is 7.13. The number of hydrogen-bond acceptors (Lipinski definition) is 0. The quantitative estimate of drug-likeness (QED) is 0.447. The van der Waals surface area contributed by atoms with E-state index in [0.717, 1.165) is 0 Å². The van der Waals surface area contributed by atoms with Gasteiger partial charge in [-0.25, -0.2) is 0 Å². The van der Waals surface area contributed by atoms with Crippen molar-refractivity contribution in [3.05, 3.63) is 103 Å². The van der Waals surface area contributed by atoms with Crippen molar-refractivity contribution in [1.82, 2.24) is 0 Å². The molecule has 1 aliphatic carbocycles. The third kappa shape index (κ3) is 2.14. The van der Waals surface area contributed by atoms with Crippen LogP contribution in [0.3, 0.4) is 0 Å². The zero-order valence-corrected chi connectivity index (χ0v) is 14.8. The zero-order valence-electron chi connectivity index (χ0n) is 14.8. The summed E-state index contributed by atoms with van der Waals surface area (Å²) in [6.45, 7) is 12.4. The molecule has 0 bridgehead atoms. The van der Waals surface area contributed by atoms with Crippen LogP contribution < -0.4 is 0 Å². The van der Waals surface area contributed by atoms with Crippen molar-refractivity contribution in [2.45, 2.75) is 19.3 Å². The summed E-state index contributed by atoms with van der Waals surface area (Å²) in [7, 11) is 0. The molecule has 0 radical (unpaired) electrons. The van der Waals surface area contributed by atoms with Crippen molar-refractivity contribution >= 4 is 27.1 Å². The molecule has 0 fully saturated rings. The Morgan fingerprint density at radius 1 is 0.760 bits per heavy atom. The first kappa shape index (κ1) is 15.7. The van der Waals surface area contributed by atoms with E-state index in [0.29, 0.717) is 0 Å². The lowest BCUT2D eigenvalue weighted by Crippen LogP contribution is -2.14. The molecule has 0 saturated carbocycles. The molecule has 0 amide bonds. The lowest BCUT2D eigenvalue weighted by atomic mass is 9.81. The number of benzene rings is 3. The summed E-state index contributed by atoms with van der Waals surface area (Å²) >= 11 is 0. The molecule has 4 rings (SSSR count). The smallest absolute Gasteiger partial charge is 0.0159 e. The molecule has 0 N–H and O–H groups in total. The molecule has 0 spiro atoms.